The summed E-state index contributed by atoms with van der Waals surface area (Å²) in [5.41, 5.74) is -1.48. The van der Waals surface area contributed by atoms with Crippen molar-refractivity contribution in [1.29, 1.82) is 0 Å². The average Bonchev–Trinajstić information content (AvgIpc) is 2.75. The molecule has 0 fully saturated rings. The van der Waals surface area contributed by atoms with Crippen LogP contribution in [0.4, 0.5) is 11.4 Å². The fourth-order valence-electron chi connectivity index (χ4n) is 2.98. The fourth-order valence-corrected chi connectivity index (χ4v) is 6.59. The molecule has 15 nitrogen and oxygen atoms in total. The SMILES string of the molecule is O=S(=O)([O-])CCS(=O)(=O)c1ccc([O-])c(N=Nc2c([O-])c(S(=O)(=O)O)cc3cc(S(=O)(=O)O)ccc23)c1.[Na+].[Na+].[Na+]. The Morgan fingerprint density at radius 1 is 0.700 bits per heavy atom. The summed E-state index contributed by atoms with van der Waals surface area (Å²) in [6, 6.07) is 5.43. The molecule has 40 heavy (non-hydrogen) atoms. The van der Waals surface area contributed by atoms with Crippen molar-refractivity contribution in [3.8, 4) is 11.5 Å². The predicted molar refractivity (Wildman–Crippen MR) is 120 cm³/mol. The molecule has 3 rings (SSSR count). The van der Waals surface area contributed by atoms with Gasteiger partial charge in [-0.1, -0.05) is 23.6 Å². The molecular formula is C18H13N2Na3O13S4. The number of sulfone groups is 1. The van der Waals surface area contributed by atoms with Crippen LogP contribution >= 0.6 is 0 Å². The van der Waals surface area contributed by atoms with Crippen LogP contribution in [0.3, 0.4) is 0 Å². The van der Waals surface area contributed by atoms with Crippen LogP contribution in [0.1, 0.15) is 0 Å². The summed E-state index contributed by atoms with van der Waals surface area (Å²) in [6.45, 7) is 0. The van der Waals surface area contributed by atoms with Gasteiger partial charge in [0.05, 0.1) is 47.7 Å². The van der Waals surface area contributed by atoms with E-state index in [0.717, 1.165) is 30.3 Å². The fraction of sp³-hybridized carbons (Fsp3) is 0.111. The number of hydrogen-bond donors (Lipinski definition) is 2. The molecule has 0 amide bonds. The molecule has 0 atom stereocenters. The number of rotatable bonds is 8. The van der Waals surface area contributed by atoms with Gasteiger partial charge in [-0.25, -0.2) is 16.8 Å². The molecule has 0 spiro atoms. The quantitative estimate of drug-likeness (QED) is 0.129. The molecule has 0 saturated carbocycles. The predicted octanol–water partition coefficient (Wildman–Crippen LogP) is -8.77. The summed E-state index contributed by atoms with van der Waals surface area (Å²) in [4.78, 5) is -2.54. The Hall–Kier alpha value is -0.200. The van der Waals surface area contributed by atoms with E-state index in [2.05, 4.69) is 10.2 Å². The first-order valence-corrected chi connectivity index (χ1v) is 15.5. The monoisotopic (exact) mass is 662 g/mol. The first-order chi connectivity index (χ1) is 16.8. The van der Waals surface area contributed by atoms with Crippen molar-refractivity contribution in [2.24, 2.45) is 10.2 Å². The second-order valence-corrected chi connectivity index (χ2v) is 13.7. The van der Waals surface area contributed by atoms with Crippen LogP contribution in [0.2, 0.25) is 0 Å². The molecule has 0 saturated heterocycles. The molecule has 0 bridgehead atoms. The maximum Gasteiger partial charge on any atom is 1.00 e. The van der Waals surface area contributed by atoms with Gasteiger partial charge in [0.15, 0.2) is 9.84 Å². The maximum absolute atomic E-state index is 12.7. The zero-order valence-electron chi connectivity index (χ0n) is 20.9. The number of fused-ring (bicyclic) bond motifs is 1. The second-order valence-electron chi connectivity index (χ2n) is 7.30. The third-order valence-electron chi connectivity index (χ3n) is 4.73. The Kier molecular flexibility index (Phi) is 14.4. The van der Waals surface area contributed by atoms with Gasteiger partial charge in [0.25, 0.3) is 20.2 Å². The Bertz CT molecular complexity index is 1900. The summed E-state index contributed by atoms with van der Waals surface area (Å²) in [6.07, 6.45) is 0. The van der Waals surface area contributed by atoms with Crippen LogP contribution < -0.4 is 98.9 Å². The van der Waals surface area contributed by atoms with Crippen molar-refractivity contribution < 1.29 is 146 Å². The average molecular weight is 663 g/mol. The molecule has 0 unspecified atom stereocenters. The molecule has 0 aliphatic heterocycles. The number of azo groups is 1. The van der Waals surface area contributed by atoms with Crippen LogP contribution in [-0.2, 0) is 40.2 Å². The van der Waals surface area contributed by atoms with E-state index in [-0.39, 0.29) is 99.4 Å². The standard InChI is InChI=1S/C18H16N2O13S4.3Na/c21-15-4-2-11(34(23,24)5-6-35(25,26)27)9-14(15)19-20-17-13-3-1-12(36(28,29)30)7-10(13)8-16(18(17)22)37(31,32)33;;;/h1-4,7-9,21-22H,5-6H2,(H,25,26,27)(H,28,29,30)(H,31,32,33);;;/q;3*+1/p-3. The maximum atomic E-state index is 12.7. The Labute approximate surface area is 295 Å². The minimum Gasteiger partial charge on any atom is -0.871 e. The molecule has 0 radical (unpaired) electrons. The minimum absolute atomic E-state index is 0. The second kappa shape index (κ2) is 14.5. The molecule has 3 aromatic rings. The van der Waals surface area contributed by atoms with Gasteiger partial charge in [0.2, 0.25) is 0 Å². The zero-order valence-corrected chi connectivity index (χ0v) is 30.1. The smallest absolute Gasteiger partial charge is 0.871 e. The largest absolute Gasteiger partial charge is 1.00 e. The van der Waals surface area contributed by atoms with Gasteiger partial charge >= 0.3 is 88.7 Å². The third kappa shape index (κ3) is 9.93. The van der Waals surface area contributed by atoms with Gasteiger partial charge < -0.3 is 14.8 Å². The van der Waals surface area contributed by atoms with Gasteiger partial charge in [-0.05, 0) is 35.7 Å². The van der Waals surface area contributed by atoms with Crippen molar-refractivity contribution in [2.45, 2.75) is 14.7 Å². The van der Waals surface area contributed by atoms with E-state index in [1.807, 2.05) is 0 Å². The van der Waals surface area contributed by atoms with Crippen molar-refractivity contribution in [3.63, 3.8) is 0 Å². The van der Waals surface area contributed by atoms with E-state index in [9.17, 15) is 57.5 Å². The topological polar surface area (TPSA) is 271 Å². The van der Waals surface area contributed by atoms with Crippen LogP contribution in [-0.4, -0.2) is 58.8 Å². The van der Waals surface area contributed by atoms with E-state index >= 15 is 0 Å². The minimum atomic E-state index is -5.17. The summed E-state index contributed by atoms with van der Waals surface area (Å²) < 4.78 is 122. The van der Waals surface area contributed by atoms with Crippen molar-refractivity contribution in [1.82, 2.24) is 0 Å². The van der Waals surface area contributed by atoms with E-state index in [1.165, 1.54) is 0 Å². The van der Waals surface area contributed by atoms with Gasteiger partial charge in [-0.15, -0.1) is 0 Å². The molecule has 0 aliphatic carbocycles. The molecule has 22 heteroatoms. The van der Waals surface area contributed by atoms with Crippen molar-refractivity contribution in [3.05, 3.63) is 42.5 Å². The number of nitrogens with zero attached hydrogens (tertiary/aromatic N) is 2. The van der Waals surface area contributed by atoms with Gasteiger partial charge in [-0.2, -0.15) is 27.1 Å². The molecule has 0 heterocycles. The Morgan fingerprint density at radius 3 is 1.80 bits per heavy atom. The van der Waals surface area contributed by atoms with Crippen LogP contribution in [0.5, 0.6) is 11.5 Å². The first kappa shape index (κ1) is 39.8. The van der Waals surface area contributed by atoms with Crippen LogP contribution in [0.15, 0.2) is 67.4 Å². The molecular weight excluding hydrogens is 649 g/mol. The first-order valence-electron chi connectivity index (χ1n) is 9.41. The molecule has 200 valence electrons. The van der Waals surface area contributed by atoms with Crippen molar-refractivity contribution >= 4 is 62.3 Å². The van der Waals surface area contributed by atoms with Gasteiger partial charge in [0.1, 0.15) is 0 Å². The van der Waals surface area contributed by atoms with E-state index in [1.54, 1.807) is 0 Å². The van der Waals surface area contributed by atoms with Crippen molar-refractivity contribution in [2.75, 3.05) is 11.5 Å². The van der Waals surface area contributed by atoms with Crippen LogP contribution in [0, 0.1) is 0 Å². The molecule has 0 aliphatic rings. The summed E-state index contributed by atoms with van der Waals surface area (Å²) in [5.74, 6) is -4.67. The molecule has 0 aromatic heterocycles. The zero-order chi connectivity index (χ0) is 28.0. The van der Waals surface area contributed by atoms with Gasteiger partial charge in [-0.3, -0.25) is 9.11 Å². The molecule has 3 aromatic carbocycles. The third-order valence-corrected chi connectivity index (χ3v) is 9.11. The summed E-state index contributed by atoms with van der Waals surface area (Å²) in [5, 5.41) is 31.4. The normalized spacial score (nSPS) is 12.4. The van der Waals surface area contributed by atoms with Gasteiger partial charge in [0, 0.05) is 5.39 Å². The van der Waals surface area contributed by atoms with Crippen LogP contribution in [0.25, 0.3) is 10.8 Å². The summed E-state index contributed by atoms with van der Waals surface area (Å²) >= 11 is 0. The Balaban J connectivity index is 0.00000507. The van der Waals surface area contributed by atoms with E-state index in [4.69, 9.17) is 0 Å². The van der Waals surface area contributed by atoms with E-state index in [0.29, 0.717) is 12.1 Å². The number of benzene rings is 3. The summed E-state index contributed by atoms with van der Waals surface area (Å²) in [7, 11) is -19.2. The Morgan fingerprint density at radius 2 is 1.27 bits per heavy atom. The molecule has 2 N–H and O–H groups in total. The van der Waals surface area contributed by atoms with E-state index < -0.39 is 89.3 Å². The number of hydrogen-bond acceptors (Lipinski definition) is 13.